The molecule has 2 fully saturated rings. The molecule has 4 heterocycles. The van der Waals surface area contributed by atoms with Gasteiger partial charge in [-0.25, -0.2) is 4.98 Å². The lowest BCUT2D eigenvalue weighted by atomic mass is 9.77. The van der Waals surface area contributed by atoms with Crippen LogP contribution < -0.4 is 4.74 Å². The van der Waals surface area contributed by atoms with Crippen molar-refractivity contribution in [1.82, 2.24) is 24.6 Å². The number of hydrogen-bond donors (Lipinski definition) is 0. The SMILES string of the molecule is Cc1cnn([C@H]2C[C@H]3CN(Cc4ccncc4)C[C@H]3C[C@@H]2Oc2ccccn2)c1. The molecule has 29 heavy (non-hydrogen) atoms. The Balaban J connectivity index is 1.34. The first kappa shape index (κ1) is 18.3. The Morgan fingerprint density at radius 2 is 1.86 bits per heavy atom. The van der Waals surface area contributed by atoms with Crippen molar-refractivity contribution < 1.29 is 4.74 Å². The summed E-state index contributed by atoms with van der Waals surface area (Å²) in [6.07, 6.45) is 11.9. The van der Waals surface area contributed by atoms with Gasteiger partial charge in [0.15, 0.2) is 0 Å². The first-order valence-electron chi connectivity index (χ1n) is 10.4. The number of hydrogen-bond acceptors (Lipinski definition) is 5. The van der Waals surface area contributed by atoms with Crippen molar-refractivity contribution >= 4 is 0 Å². The Morgan fingerprint density at radius 1 is 1.03 bits per heavy atom. The lowest BCUT2D eigenvalue weighted by Crippen LogP contribution is -2.40. The zero-order chi connectivity index (χ0) is 19.6. The van der Waals surface area contributed by atoms with E-state index in [2.05, 4.69) is 49.9 Å². The van der Waals surface area contributed by atoms with Gasteiger partial charge in [0, 0.05) is 50.5 Å². The smallest absolute Gasteiger partial charge is 0.213 e. The zero-order valence-corrected chi connectivity index (χ0v) is 16.8. The normalized spacial score (nSPS) is 26.9. The number of rotatable bonds is 5. The van der Waals surface area contributed by atoms with Crippen LogP contribution >= 0.6 is 0 Å². The highest BCUT2D eigenvalue weighted by atomic mass is 16.5. The molecule has 1 aliphatic heterocycles. The Labute approximate surface area is 171 Å². The molecule has 5 rings (SSSR count). The van der Waals surface area contributed by atoms with Crippen LogP contribution in [0.1, 0.15) is 30.0 Å². The van der Waals surface area contributed by atoms with Gasteiger partial charge in [-0.1, -0.05) is 6.07 Å². The van der Waals surface area contributed by atoms with Crippen molar-refractivity contribution in [2.75, 3.05) is 13.1 Å². The van der Waals surface area contributed by atoms with E-state index in [1.807, 2.05) is 36.8 Å². The average Bonchev–Trinajstić information content (AvgIpc) is 3.34. The van der Waals surface area contributed by atoms with Gasteiger partial charge in [0.2, 0.25) is 5.88 Å². The highest BCUT2D eigenvalue weighted by Crippen LogP contribution is 2.42. The fraction of sp³-hybridized carbons (Fsp3) is 0.435. The lowest BCUT2D eigenvalue weighted by molar-refractivity contribution is 0.0459. The van der Waals surface area contributed by atoms with Gasteiger partial charge in [-0.2, -0.15) is 5.10 Å². The fourth-order valence-electron chi connectivity index (χ4n) is 4.95. The van der Waals surface area contributed by atoms with Crippen molar-refractivity contribution in [1.29, 1.82) is 0 Å². The minimum atomic E-state index is 0.0892. The van der Waals surface area contributed by atoms with Gasteiger partial charge in [-0.3, -0.25) is 14.6 Å². The molecule has 0 N–H and O–H groups in total. The zero-order valence-electron chi connectivity index (χ0n) is 16.8. The van der Waals surface area contributed by atoms with Gasteiger partial charge in [-0.15, -0.1) is 0 Å². The van der Waals surface area contributed by atoms with Crippen LogP contribution in [0.5, 0.6) is 5.88 Å². The third-order valence-electron chi connectivity index (χ3n) is 6.30. The van der Waals surface area contributed by atoms with Gasteiger partial charge in [0.1, 0.15) is 6.10 Å². The van der Waals surface area contributed by atoms with Crippen LogP contribution in [0.15, 0.2) is 61.3 Å². The van der Waals surface area contributed by atoms with E-state index in [0.717, 1.165) is 32.5 Å². The van der Waals surface area contributed by atoms with E-state index in [4.69, 9.17) is 4.74 Å². The molecule has 0 amide bonds. The number of aryl methyl sites for hydroxylation is 1. The number of ether oxygens (including phenoxy) is 1. The summed E-state index contributed by atoms with van der Waals surface area (Å²) in [4.78, 5) is 11.1. The van der Waals surface area contributed by atoms with Gasteiger partial charge < -0.3 is 4.74 Å². The quantitative estimate of drug-likeness (QED) is 0.668. The number of likely N-dealkylation sites (tertiary alicyclic amines) is 1. The molecule has 0 unspecified atom stereocenters. The Bertz CT molecular complexity index is 929. The maximum absolute atomic E-state index is 6.39. The van der Waals surface area contributed by atoms with Crippen LogP contribution in [0, 0.1) is 18.8 Å². The van der Waals surface area contributed by atoms with Crippen LogP contribution in [0.2, 0.25) is 0 Å². The van der Waals surface area contributed by atoms with Gasteiger partial charge in [-0.05, 0) is 60.9 Å². The van der Waals surface area contributed by atoms with E-state index in [1.54, 1.807) is 6.20 Å². The molecule has 3 aromatic heterocycles. The molecule has 1 aliphatic carbocycles. The molecule has 0 bridgehead atoms. The Morgan fingerprint density at radius 3 is 2.59 bits per heavy atom. The molecule has 3 aromatic rings. The van der Waals surface area contributed by atoms with Crippen LogP contribution in [0.25, 0.3) is 0 Å². The first-order chi connectivity index (χ1) is 14.2. The third-order valence-corrected chi connectivity index (χ3v) is 6.30. The van der Waals surface area contributed by atoms with Crippen molar-refractivity contribution in [3.63, 3.8) is 0 Å². The van der Waals surface area contributed by atoms with Crippen LogP contribution in [0.4, 0.5) is 0 Å². The van der Waals surface area contributed by atoms with Gasteiger partial charge in [0.05, 0.1) is 12.2 Å². The second kappa shape index (κ2) is 7.95. The summed E-state index contributed by atoms with van der Waals surface area (Å²) in [5.74, 6) is 2.03. The summed E-state index contributed by atoms with van der Waals surface area (Å²) >= 11 is 0. The highest BCUT2D eigenvalue weighted by Gasteiger charge is 2.44. The summed E-state index contributed by atoms with van der Waals surface area (Å²) in [6.45, 7) is 5.35. The van der Waals surface area contributed by atoms with Crippen LogP contribution in [0.3, 0.4) is 0 Å². The van der Waals surface area contributed by atoms with Crippen molar-refractivity contribution in [2.45, 2.75) is 38.5 Å². The van der Waals surface area contributed by atoms with E-state index < -0.39 is 0 Å². The van der Waals surface area contributed by atoms with Gasteiger partial charge in [0.25, 0.3) is 0 Å². The summed E-state index contributed by atoms with van der Waals surface area (Å²) in [5.41, 5.74) is 2.52. The monoisotopic (exact) mass is 389 g/mol. The summed E-state index contributed by atoms with van der Waals surface area (Å²) in [6, 6.07) is 10.3. The third kappa shape index (κ3) is 4.03. The molecule has 150 valence electrons. The van der Waals surface area contributed by atoms with E-state index in [1.165, 1.54) is 11.1 Å². The van der Waals surface area contributed by atoms with Crippen LogP contribution in [-0.4, -0.2) is 43.8 Å². The topological polar surface area (TPSA) is 56.1 Å². The van der Waals surface area contributed by atoms with E-state index in [9.17, 15) is 0 Å². The lowest BCUT2D eigenvalue weighted by Gasteiger charge is -2.37. The highest BCUT2D eigenvalue weighted by molar-refractivity contribution is 5.13. The maximum atomic E-state index is 6.39. The standard InChI is InChI=1S/C23H27N5O/c1-17-12-26-28(13-17)21-10-19-15-27(14-18-5-8-24-9-6-18)16-20(19)11-22(21)29-23-4-2-3-7-25-23/h2-9,12-13,19-22H,10-11,14-16H2,1H3/t19-,20+,21-,22-/m0/s1. The number of aromatic nitrogens is 4. The molecule has 6 heteroatoms. The van der Waals surface area contributed by atoms with Crippen molar-refractivity contribution in [3.05, 3.63) is 72.4 Å². The predicted molar refractivity (Wildman–Crippen MR) is 110 cm³/mol. The van der Waals surface area contributed by atoms with Gasteiger partial charge >= 0.3 is 0 Å². The minimum absolute atomic E-state index is 0.0892. The fourth-order valence-corrected chi connectivity index (χ4v) is 4.95. The molecular formula is C23H27N5O. The minimum Gasteiger partial charge on any atom is -0.472 e. The number of fused-ring (bicyclic) bond motifs is 1. The number of pyridine rings is 2. The largest absolute Gasteiger partial charge is 0.472 e. The van der Waals surface area contributed by atoms with E-state index in [0.29, 0.717) is 17.7 Å². The molecule has 4 atom stereocenters. The predicted octanol–water partition coefficient (Wildman–Crippen LogP) is 3.51. The summed E-state index contributed by atoms with van der Waals surface area (Å²) in [5, 5.41) is 4.63. The molecule has 0 aromatic carbocycles. The molecule has 0 spiro atoms. The maximum Gasteiger partial charge on any atom is 0.213 e. The molecular weight excluding hydrogens is 362 g/mol. The Hall–Kier alpha value is -2.73. The van der Waals surface area contributed by atoms with Crippen molar-refractivity contribution in [3.8, 4) is 5.88 Å². The summed E-state index contributed by atoms with van der Waals surface area (Å²) in [7, 11) is 0. The molecule has 1 saturated heterocycles. The Kier molecular flexibility index (Phi) is 5.02. The molecule has 6 nitrogen and oxygen atoms in total. The molecule has 0 radical (unpaired) electrons. The number of nitrogens with zero attached hydrogens (tertiary/aromatic N) is 5. The molecule has 2 aliphatic rings. The molecule has 1 saturated carbocycles. The van der Waals surface area contributed by atoms with E-state index in [-0.39, 0.29) is 12.1 Å². The average molecular weight is 390 g/mol. The van der Waals surface area contributed by atoms with E-state index >= 15 is 0 Å². The second-order valence-corrected chi connectivity index (χ2v) is 8.43. The first-order valence-corrected chi connectivity index (χ1v) is 10.4. The summed E-state index contributed by atoms with van der Waals surface area (Å²) < 4.78 is 8.51. The second-order valence-electron chi connectivity index (χ2n) is 8.43. The van der Waals surface area contributed by atoms with Crippen molar-refractivity contribution in [2.24, 2.45) is 11.8 Å². The van der Waals surface area contributed by atoms with Crippen LogP contribution in [-0.2, 0) is 6.54 Å².